The van der Waals surface area contributed by atoms with Crippen LogP contribution in [0.1, 0.15) is 13.8 Å². The van der Waals surface area contributed by atoms with Crippen molar-refractivity contribution in [1.82, 2.24) is 9.97 Å². The fourth-order valence-corrected chi connectivity index (χ4v) is 2.52. The molecule has 2 aromatic heterocycles. The number of carbonyl (C=O) groups excluding carboxylic acids is 1. The number of pyridine rings is 1. The summed E-state index contributed by atoms with van der Waals surface area (Å²) in [6, 6.07) is 5.30. The first-order chi connectivity index (χ1) is 11.5. The minimum atomic E-state index is -0.386. The number of fused-ring (bicyclic) bond motifs is 1. The summed E-state index contributed by atoms with van der Waals surface area (Å²) in [6.45, 7) is 3.30. The first kappa shape index (κ1) is 16.3. The van der Waals surface area contributed by atoms with Crippen molar-refractivity contribution in [3.63, 3.8) is 0 Å². The lowest BCUT2D eigenvalue weighted by Gasteiger charge is -2.15. The van der Waals surface area contributed by atoms with Crippen LogP contribution in [0.15, 0.2) is 41.3 Å². The third-order valence-electron chi connectivity index (χ3n) is 3.29. The average Bonchev–Trinajstić information content (AvgIpc) is 3.06. The lowest BCUT2D eigenvalue weighted by molar-refractivity contribution is -0.146. The molecule has 0 saturated carbocycles. The summed E-state index contributed by atoms with van der Waals surface area (Å²) in [7, 11) is 0. The first-order valence-corrected chi connectivity index (χ1v) is 7.70. The van der Waals surface area contributed by atoms with Gasteiger partial charge in [-0.25, -0.2) is 4.98 Å². The zero-order valence-electron chi connectivity index (χ0n) is 13.2. The number of rotatable bonds is 5. The highest BCUT2D eigenvalue weighted by Crippen LogP contribution is 2.35. The van der Waals surface area contributed by atoms with E-state index in [-0.39, 0.29) is 18.7 Å². The van der Waals surface area contributed by atoms with Gasteiger partial charge in [0, 0.05) is 24.6 Å². The highest BCUT2D eigenvalue weighted by molar-refractivity contribution is 6.35. The van der Waals surface area contributed by atoms with Crippen LogP contribution >= 0.6 is 11.6 Å². The van der Waals surface area contributed by atoms with E-state index in [9.17, 15) is 4.79 Å². The Balaban J connectivity index is 1.98. The Morgan fingerprint density at radius 1 is 1.33 bits per heavy atom. The quantitative estimate of drug-likeness (QED) is 0.653. The van der Waals surface area contributed by atoms with Crippen molar-refractivity contribution in [2.24, 2.45) is 0 Å². The molecular weight excluding hydrogens is 332 g/mol. The SMILES string of the molecule is CC(=O)OC(C)COc1cc2nccc(Cl)c2cc1-c1ncco1. The van der Waals surface area contributed by atoms with Crippen molar-refractivity contribution >= 4 is 28.5 Å². The summed E-state index contributed by atoms with van der Waals surface area (Å²) in [5.41, 5.74) is 1.34. The number of ether oxygens (including phenoxy) is 2. The fourth-order valence-electron chi connectivity index (χ4n) is 2.31. The predicted octanol–water partition coefficient (Wildman–Crippen LogP) is 3.87. The van der Waals surface area contributed by atoms with Gasteiger partial charge in [-0.1, -0.05) is 11.6 Å². The minimum Gasteiger partial charge on any atom is -0.489 e. The van der Waals surface area contributed by atoms with E-state index in [4.69, 9.17) is 25.5 Å². The Bertz CT molecular complexity index is 864. The second kappa shape index (κ2) is 6.88. The number of oxazole rings is 1. The maximum absolute atomic E-state index is 11.0. The van der Waals surface area contributed by atoms with E-state index < -0.39 is 0 Å². The second-order valence-corrected chi connectivity index (χ2v) is 5.63. The summed E-state index contributed by atoms with van der Waals surface area (Å²) < 4.78 is 16.3. The van der Waals surface area contributed by atoms with Gasteiger partial charge in [0.2, 0.25) is 5.89 Å². The highest BCUT2D eigenvalue weighted by Gasteiger charge is 2.16. The Hall–Kier alpha value is -2.60. The first-order valence-electron chi connectivity index (χ1n) is 7.32. The molecule has 0 spiro atoms. The van der Waals surface area contributed by atoms with E-state index >= 15 is 0 Å². The van der Waals surface area contributed by atoms with E-state index in [0.717, 1.165) is 5.39 Å². The topological polar surface area (TPSA) is 74.5 Å². The zero-order chi connectivity index (χ0) is 17.1. The number of carbonyl (C=O) groups is 1. The van der Waals surface area contributed by atoms with Crippen LogP contribution in [-0.2, 0) is 9.53 Å². The Kier molecular flexibility index (Phi) is 4.66. The summed E-state index contributed by atoms with van der Waals surface area (Å²) in [4.78, 5) is 19.5. The molecular formula is C17H15ClN2O4. The third kappa shape index (κ3) is 3.49. The number of hydrogen-bond acceptors (Lipinski definition) is 6. The van der Waals surface area contributed by atoms with Gasteiger partial charge < -0.3 is 13.9 Å². The summed E-state index contributed by atoms with van der Waals surface area (Å²) in [5.74, 6) is 0.580. The Morgan fingerprint density at radius 2 is 2.17 bits per heavy atom. The van der Waals surface area contributed by atoms with Crippen molar-refractivity contribution in [2.75, 3.05) is 6.61 Å². The summed E-state index contributed by atoms with van der Waals surface area (Å²) in [5, 5.41) is 1.35. The van der Waals surface area contributed by atoms with Crippen molar-refractivity contribution < 1.29 is 18.7 Å². The molecule has 0 aliphatic heterocycles. The van der Waals surface area contributed by atoms with Crippen LogP contribution in [0.4, 0.5) is 0 Å². The summed E-state index contributed by atoms with van der Waals surface area (Å²) >= 11 is 6.24. The Morgan fingerprint density at radius 3 is 2.88 bits per heavy atom. The monoisotopic (exact) mass is 346 g/mol. The van der Waals surface area contributed by atoms with Gasteiger partial charge in [-0.05, 0) is 19.1 Å². The minimum absolute atomic E-state index is 0.194. The predicted molar refractivity (Wildman–Crippen MR) is 89.0 cm³/mol. The summed E-state index contributed by atoms with van der Waals surface area (Å²) in [6.07, 6.45) is 4.27. The molecule has 0 fully saturated rings. The van der Waals surface area contributed by atoms with Crippen molar-refractivity contribution in [3.05, 3.63) is 41.9 Å². The van der Waals surface area contributed by atoms with Crippen molar-refractivity contribution in [2.45, 2.75) is 20.0 Å². The molecule has 0 aliphatic rings. The molecule has 2 heterocycles. The molecule has 6 nitrogen and oxygen atoms in total. The molecule has 0 bridgehead atoms. The molecule has 124 valence electrons. The maximum Gasteiger partial charge on any atom is 0.303 e. The van der Waals surface area contributed by atoms with Crippen LogP contribution in [0.2, 0.25) is 5.02 Å². The van der Waals surface area contributed by atoms with Gasteiger partial charge >= 0.3 is 5.97 Å². The number of benzene rings is 1. The van der Waals surface area contributed by atoms with Gasteiger partial charge in [0.15, 0.2) is 0 Å². The van der Waals surface area contributed by atoms with E-state index in [2.05, 4.69) is 9.97 Å². The molecule has 7 heteroatoms. The molecule has 24 heavy (non-hydrogen) atoms. The number of hydrogen-bond donors (Lipinski definition) is 0. The lowest BCUT2D eigenvalue weighted by Crippen LogP contribution is -2.20. The molecule has 0 N–H and O–H groups in total. The van der Waals surface area contributed by atoms with Gasteiger partial charge in [-0.2, -0.15) is 0 Å². The van der Waals surface area contributed by atoms with Gasteiger partial charge in [-0.15, -0.1) is 0 Å². The largest absolute Gasteiger partial charge is 0.489 e. The van der Waals surface area contributed by atoms with E-state index in [1.54, 1.807) is 31.5 Å². The number of aromatic nitrogens is 2. The van der Waals surface area contributed by atoms with Crippen LogP contribution in [0.25, 0.3) is 22.4 Å². The van der Waals surface area contributed by atoms with Crippen molar-refractivity contribution in [3.8, 4) is 17.2 Å². The normalized spacial score (nSPS) is 12.1. The van der Waals surface area contributed by atoms with Crippen LogP contribution in [0, 0.1) is 0 Å². The molecule has 3 rings (SSSR count). The smallest absolute Gasteiger partial charge is 0.303 e. The lowest BCUT2D eigenvalue weighted by atomic mass is 10.1. The maximum atomic E-state index is 11.0. The van der Waals surface area contributed by atoms with Gasteiger partial charge in [0.1, 0.15) is 24.7 Å². The molecule has 0 radical (unpaired) electrons. The van der Waals surface area contributed by atoms with Crippen LogP contribution in [0.5, 0.6) is 5.75 Å². The molecule has 3 aromatic rings. The van der Waals surface area contributed by atoms with Gasteiger partial charge in [-0.3, -0.25) is 9.78 Å². The van der Waals surface area contributed by atoms with Crippen molar-refractivity contribution in [1.29, 1.82) is 0 Å². The van der Waals surface area contributed by atoms with Crippen LogP contribution < -0.4 is 4.74 Å². The number of halogens is 1. The number of esters is 1. The molecule has 1 atom stereocenters. The second-order valence-electron chi connectivity index (χ2n) is 5.23. The van der Waals surface area contributed by atoms with E-state index in [1.165, 1.54) is 13.2 Å². The standard InChI is InChI=1S/C17H15ClN2O4/c1-10(24-11(2)21)9-23-16-8-15-12(14(18)3-4-19-15)7-13(16)17-20-5-6-22-17/h3-8,10H,9H2,1-2H3. The number of nitrogens with zero attached hydrogens (tertiary/aromatic N) is 2. The van der Waals surface area contributed by atoms with E-state index in [0.29, 0.717) is 27.7 Å². The zero-order valence-corrected chi connectivity index (χ0v) is 13.9. The average molecular weight is 347 g/mol. The molecule has 1 unspecified atom stereocenters. The Labute approximate surface area is 143 Å². The van der Waals surface area contributed by atoms with Crippen LogP contribution in [0.3, 0.4) is 0 Å². The fraction of sp³-hybridized carbons (Fsp3) is 0.235. The van der Waals surface area contributed by atoms with E-state index in [1.807, 2.05) is 6.07 Å². The molecule has 0 saturated heterocycles. The van der Waals surface area contributed by atoms with Gasteiger partial charge in [0.25, 0.3) is 0 Å². The van der Waals surface area contributed by atoms with Gasteiger partial charge in [0.05, 0.1) is 22.3 Å². The molecule has 0 amide bonds. The highest BCUT2D eigenvalue weighted by atomic mass is 35.5. The molecule has 1 aromatic carbocycles. The molecule has 0 aliphatic carbocycles. The van der Waals surface area contributed by atoms with Crippen LogP contribution in [-0.4, -0.2) is 28.6 Å². The third-order valence-corrected chi connectivity index (χ3v) is 3.62.